The highest BCUT2D eigenvalue weighted by Crippen LogP contribution is 2.36. The van der Waals surface area contributed by atoms with Gasteiger partial charge in [-0.15, -0.1) is 11.3 Å². The van der Waals surface area contributed by atoms with Crippen molar-refractivity contribution in [1.82, 2.24) is 14.5 Å². The van der Waals surface area contributed by atoms with E-state index < -0.39 is 0 Å². The third-order valence-electron chi connectivity index (χ3n) is 5.42. The molecule has 0 spiro atoms. The van der Waals surface area contributed by atoms with Crippen LogP contribution in [0.4, 0.5) is 0 Å². The largest absolute Gasteiger partial charge is 0.337 e. The number of carbonyl (C=O) groups is 1. The molecule has 28 heavy (non-hydrogen) atoms. The standard InChI is InChI=1S/C21H31N3O2S2/c1-7-23-20(26)18-15-9-8-14(6)10-16(15)28-19(18)22-21(23)27-11-17(25)24(12(2)3)13(4)5/h12-14H,7-11H2,1-6H3/t14-/m0/s1. The average molecular weight is 422 g/mol. The molecule has 0 unspecified atom stereocenters. The van der Waals surface area contributed by atoms with Gasteiger partial charge < -0.3 is 4.90 Å². The van der Waals surface area contributed by atoms with E-state index in [1.165, 1.54) is 22.2 Å². The van der Waals surface area contributed by atoms with E-state index >= 15 is 0 Å². The van der Waals surface area contributed by atoms with E-state index in [2.05, 4.69) is 6.92 Å². The third-order valence-corrected chi connectivity index (χ3v) is 7.53. The molecule has 0 aliphatic heterocycles. The number of hydrogen-bond donors (Lipinski definition) is 0. The van der Waals surface area contributed by atoms with Crippen LogP contribution in [-0.4, -0.2) is 38.2 Å². The molecule has 7 heteroatoms. The Kier molecular flexibility index (Phi) is 6.54. The summed E-state index contributed by atoms with van der Waals surface area (Å²) in [6.07, 6.45) is 3.15. The lowest BCUT2D eigenvalue weighted by Gasteiger charge is -2.30. The molecule has 0 aromatic carbocycles. The Bertz CT molecular complexity index is 922. The molecule has 0 saturated heterocycles. The predicted octanol–water partition coefficient (Wildman–Crippen LogP) is 4.34. The highest BCUT2D eigenvalue weighted by Gasteiger charge is 2.25. The first-order chi connectivity index (χ1) is 13.2. The van der Waals surface area contributed by atoms with Gasteiger partial charge in [-0.3, -0.25) is 14.2 Å². The van der Waals surface area contributed by atoms with E-state index in [0.29, 0.717) is 23.4 Å². The molecule has 1 atom stereocenters. The summed E-state index contributed by atoms with van der Waals surface area (Å²) >= 11 is 3.05. The van der Waals surface area contributed by atoms with Crippen molar-refractivity contribution >= 4 is 39.2 Å². The molecule has 2 aromatic rings. The molecule has 3 rings (SSSR count). The fraction of sp³-hybridized carbons (Fsp3) is 0.667. The molecule has 1 amide bonds. The summed E-state index contributed by atoms with van der Waals surface area (Å²) in [5.74, 6) is 1.06. The van der Waals surface area contributed by atoms with Crippen molar-refractivity contribution in [2.24, 2.45) is 5.92 Å². The molecule has 5 nitrogen and oxygen atoms in total. The maximum atomic E-state index is 13.2. The van der Waals surface area contributed by atoms with E-state index in [0.717, 1.165) is 29.5 Å². The van der Waals surface area contributed by atoms with E-state index in [4.69, 9.17) is 4.98 Å². The fourth-order valence-corrected chi connectivity index (χ4v) is 6.52. The first kappa shape index (κ1) is 21.4. The Hall–Kier alpha value is -1.34. The second-order valence-electron chi connectivity index (χ2n) is 8.25. The van der Waals surface area contributed by atoms with Crippen LogP contribution in [0, 0.1) is 5.92 Å². The first-order valence-electron chi connectivity index (χ1n) is 10.2. The van der Waals surface area contributed by atoms with Crippen molar-refractivity contribution < 1.29 is 4.79 Å². The van der Waals surface area contributed by atoms with Gasteiger partial charge in [0.1, 0.15) is 4.83 Å². The highest BCUT2D eigenvalue weighted by atomic mass is 32.2. The van der Waals surface area contributed by atoms with E-state index in [1.54, 1.807) is 15.9 Å². The zero-order valence-corrected chi connectivity index (χ0v) is 19.4. The molecule has 0 saturated carbocycles. The molecule has 0 fully saturated rings. The van der Waals surface area contributed by atoms with Crippen molar-refractivity contribution in [3.05, 3.63) is 20.8 Å². The summed E-state index contributed by atoms with van der Waals surface area (Å²) in [6.45, 7) is 12.9. The van der Waals surface area contributed by atoms with Gasteiger partial charge in [0.2, 0.25) is 5.91 Å². The molecule has 1 aliphatic carbocycles. The summed E-state index contributed by atoms with van der Waals surface area (Å²) in [4.78, 5) is 34.8. The monoisotopic (exact) mass is 421 g/mol. The van der Waals surface area contributed by atoms with Gasteiger partial charge in [-0.2, -0.15) is 0 Å². The topological polar surface area (TPSA) is 55.2 Å². The Morgan fingerprint density at radius 2 is 2.00 bits per heavy atom. The van der Waals surface area contributed by atoms with Gasteiger partial charge >= 0.3 is 0 Å². The number of carbonyl (C=O) groups excluding carboxylic acids is 1. The zero-order valence-electron chi connectivity index (χ0n) is 17.7. The van der Waals surface area contributed by atoms with E-state index in [1.807, 2.05) is 39.5 Å². The molecule has 0 bridgehead atoms. The number of rotatable bonds is 6. The molecule has 2 heterocycles. The minimum Gasteiger partial charge on any atom is -0.337 e. The van der Waals surface area contributed by atoms with Gasteiger partial charge in [-0.1, -0.05) is 18.7 Å². The third kappa shape index (κ3) is 4.01. The number of hydrogen-bond acceptors (Lipinski definition) is 5. The Labute approximate surface area is 175 Å². The molecule has 1 aliphatic rings. The van der Waals surface area contributed by atoms with Crippen LogP contribution in [0.25, 0.3) is 10.2 Å². The van der Waals surface area contributed by atoms with Crippen LogP contribution in [0.15, 0.2) is 9.95 Å². The summed E-state index contributed by atoms with van der Waals surface area (Å²) < 4.78 is 1.74. The predicted molar refractivity (Wildman–Crippen MR) is 119 cm³/mol. The normalized spacial score (nSPS) is 16.8. The van der Waals surface area contributed by atoms with Gasteiger partial charge in [0.15, 0.2) is 5.16 Å². The number of fused-ring (bicyclic) bond motifs is 3. The molecule has 0 N–H and O–H groups in total. The van der Waals surface area contributed by atoms with Gasteiger partial charge in [0.25, 0.3) is 5.56 Å². The SMILES string of the molecule is CCn1c(SCC(=O)N(C(C)C)C(C)C)nc2sc3c(c2c1=O)CC[C@H](C)C3. The van der Waals surface area contributed by atoms with Crippen LogP contribution in [0.1, 0.15) is 58.4 Å². The number of aromatic nitrogens is 2. The van der Waals surface area contributed by atoms with Gasteiger partial charge in [0, 0.05) is 23.5 Å². The highest BCUT2D eigenvalue weighted by molar-refractivity contribution is 7.99. The van der Waals surface area contributed by atoms with Gasteiger partial charge in [-0.05, 0) is 65.4 Å². The minimum absolute atomic E-state index is 0.0547. The Balaban J connectivity index is 1.94. The Morgan fingerprint density at radius 1 is 1.32 bits per heavy atom. The number of aryl methyl sites for hydroxylation is 1. The second kappa shape index (κ2) is 8.57. The summed E-state index contributed by atoms with van der Waals surface area (Å²) in [5.41, 5.74) is 1.27. The molecule has 154 valence electrons. The number of nitrogens with zero attached hydrogens (tertiary/aromatic N) is 3. The summed E-state index contributed by atoms with van der Waals surface area (Å²) in [7, 11) is 0. The number of thiophene rings is 1. The van der Waals surface area contributed by atoms with Crippen molar-refractivity contribution in [2.75, 3.05) is 5.75 Å². The Morgan fingerprint density at radius 3 is 2.61 bits per heavy atom. The van der Waals surface area contributed by atoms with Gasteiger partial charge in [-0.25, -0.2) is 4.98 Å². The van der Waals surface area contributed by atoms with E-state index in [9.17, 15) is 9.59 Å². The van der Waals surface area contributed by atoms with Crippen molar-refractivity contribution in [3.8, 4) is 0 Å². The number of thioether (sulfide) groups is 1. The minimum atomic E-state index is 0.0547. The lowest BCUT2D eigenvalue weighted by Crippen LogP contribution is -2.43. The molecular weight excluding hydrogens is 390 g/mol. The fourth-order valence-electron chi connectivity index (χ4n) is 4.17. The van der Waals surface area contributed by atoms with Crippen LogP contribution < -0.4 is 5.56 Å². The van der Waals surface area contributed by atoms with Crippen LogP contribution in [0.3, 0.4) is 0 Å². The molecule has 2 aromatic heterocycles. The van der Waals surface area contributed by atoms with Crippen molar-refractivity contribution in [1.29, 1.82) is 0 Å². The maximum absolute atomic E-state index is 13.2. The smallest absolute Gasteiger partial charge is 0.263 e. The quantitative estimate of drug-likeness (QED) is 0.514. The number of amides is 1. The van der Waals surface area contributed by atoms with Crippen molar-refractivity contribution in [3.63, 3.8) is 0 Å². The second-order valence-corrected chi connectivity index (χ2v) is 10.3. The molecular formula is C21H31N3O2S2. The zero-order chi connectivity index (χ0) is 20.6. The first-order valence-corrected chi connectivity index (χ1v) is 12.0. The van der Waals surface area contributed by atoms with Crippen LogP contribution >= 0.6 is 23.1 Å². The van der Waals surface area contributed by atoms with Crippen LogP contribution in [0.5, 0.6) is 0 Å². The molecule has 0 radical (unpaired) electrons. The average Bonchev–Trinajstić information content (AvgIpc) is 2.96. The lowest BCUT2D eigenvalue weighted by atomic mass is 9.89. The van der Waals surface area contributed by atoms with Crippen LogP contribution in [0.2, 0.25) is 0 Å². The van der Waals surface area contributed by atoms with E-state index in [-0.39, 0.29) is 23.6 Å². The van der Waals surface area contributed by atoms with Crippen molar-refractivity contribution in [2.45, 2.75) is 84.6 Å². The maximum Gasteiger partial charge on any atom is 0.263 e. The summed E-state index contributed by atoms with van der Waals surface area (Å²) in [5, 5.41) is 1.47. The van der Waals surface area contributed by atoms with Gasteiger partial charge in [0.05, 0.1) is 11.1 Å². The lowest BCUT2D eigenvalue weighted by molar-refractivity contribution is -0.131. The van der Waals surface area contributed by atoms with Crippen LogP contribution in [-0.2, 0) is 24.2 Å². The summed E-state index contributed by atoms with van der Waals surface area (Å²) in [6, 6.07) is 0.311.